The molecule has 1 atom stereocenters. The van der Waals surface area contributed by atoms with E-state index in [4.69, 9.17) is 5.21 Å². The first-order chi connectivity index (χ1) is 13.5. The lowest BCUT2D eigenvalue weighted by molar-refractivity contribution is -0.131. The molecule has 29 heavy (non-hydrogen) atoms. The van der Waals surface area contributed by atoms with Gasteiger partial charge < -0.3 is 4.57 Å². The summed E-state index contributed by atoms with van der Waals surface area (Å²) in [6.07, 6.45) is 2.64. The molecule has 0 spiro atoms. The highest BCUT2D eigenvalue weighted by Crippen LogP contribution is 2.23. The maximum absolute atomic E-state index is 12.5. The maximum Gasteiger partial charge on any atom is 0.264 e. The van der Waals surface area contributed by atoms with E-state index in [0.29, 0.717) is 17.5 Å². The van der Waals surface area contributed by atoms with Crippen molar-refractivity contribution in [3.05, 3.63) is 58.5 Å². The summed E-state index contributed by atoms with van der Waals surface area (Å²) in [5, 5.41) is 8.86. The standard InChI is InChI=1S/C20H24N2O6S/c1-4-17(23)15-7-5-14(6-8-15)16-9-11-22(18(24)13-16)12-10-20(2,19(25)21-26)29(3,27)28/h5-9,11,13,26H,4,10,12H2,1-3H3,(H,21,25). The fourth-order valence-corrected chi connectivity index (χ4v) is 3.69. The van der Waals surface area contributed by atoms with Gasteiger partial charge in [-0.2, -0.15) is 0 Å². The lowest BCUT2D eigenvalue weighted by Crippen LogP contribution is -2.49. The molecular weight excluding hydrogens is 396 g/mol. The summed E-state index contributed by atoms with van der Waals surface area (Å²) in [7, 11) is -3.84. The predicted octanol–water partition coefficient (Wildman–Crippen LogP) is 1.81. The van der Waals surface area contributed by atoms with Gasteiger partial charge in [-0.3, -0.25) is 19.6 Å². The molecule has 0 aliphatic carbocycles. The molecule has 156 valence electrons. The van der Waals surface area contributed by atoms with Crippen LogP contribution < -0.4 is 11.0 Å². The van der Waals surface area contributed by atoms with E-state index in [1.54, 1.807) is 37.3 Å². The van der Waals surface area contributed by atoms with Crippen molar-refractivity contribution in [2.45, 2.75) is 38.0 Å². The molecule has 0 radical (unpaired) electrons. The van der Waals surface area contributed by atoms with Crippen molar-refractivity contribution in [2.75, 3.05) is 6.26 Å². The first kappa shape index (κ1) is 22.5. The third kappa shape index (κ3) is 4.80. The Morgan fingerprint density at radius 1 is 1.14 bits per heavy atom. The molecule has 1 heterocycles. The Morgan fingerprint density at radius 3 is 2.24 bits per heavy atom. The molecule has 0 aliphatic rings. The van der Waals surface area contributed by atoms with Gasteiger partial charge in [0, 0.05) is 37.0 Å². The number of pyridine rings is 1. The van der Waals surface area contributed by atoms with Crippen molar-refractivity contribution in [3.8, 4) is 11.1 Å². The number of sulfone groups is 1. The maximum atomic E-state index is 12.5. The van der Waals surface area contributed by atoms with Crippen LogP contribution in [0.3, 0.4) is 0 Å². The van der Waals surface area contributed by atoms with Gasteiger partial charge in [0.1, 0.15) is 0 Å². The lowest BCUT2D eigenvalue weighted by atomic mass is 10.0. The summed E-state index contributed by atoms with van der Waals surface area (Å²) in [6, 6.07) is 10.0. The smallest absolute Gasteiger partial charge is 0.264 e. The van der Waals surface area contributed by atoms with Crippen LogP contribution in [0, 0.1) is 0 Å². The second-order valence-electron chi connectivity index (χ2n) is 7.00. The number of carbonyl (C=O) groups excluding carboxylic acids is 2. The molecule has 2 aromatic rings. The van der Waals surface area contributed by atoms with Gasteiger partial charge >= 0.3 is 0 Å². The molecule has 0 bridgehead atoms. The van der Waals surface area contributed by atoms with Gasteiger partial charge in [0.05, 0.1) is 0 Å². The first-order valence-electron chi connectivity index (χ1n) is 9.01. The average Bonchev–Trinajstić information content (AvgIpc) is 2.70. The van der Waals surface area contributed by atoms with Gasteiger partial charge in [-0.25, -0.2) is 13.9 Å². The fourth-order valence-electron chi connectivity index (χ4n) is 2.84. The second kappa shape index (κ2) is 8.71. The number of hydrogen-bond donors (Lipinski definition) is 2. The van der Waals surface area contributed by atoms with Crippen LogP contribution in [0.15, 0.2) is 47.4 Å². The predicted molar refractivity (Wildman–Crippen MR) is 109 cm³/mol. The van der Waals surface area contributed by atoms with Crippen LogP contribution >= 0.6 is 0 Å². The number of carbonyl (C=O) groups is 2. The molecule has 8 nitrogen and oxygen atoms in total. The number of hydrogen-bond acceptors (Lipinski definition) is 6. The van der Waals surface area contributed by atoms with E-state index in [9.17, 15) is 22.8 Å². The monoisotopic (exact) mass is 420 g/mol. The van der Waals surface area contributed by atoms with Crippen LogP contribution in [0.1, 0.15) is 37.0 Å². The van der Waals surface area contributed by atoms with E-state index in [1.165, 1.54) is 29.2 Å². The molecule has 0 fully saturated rings. The number of amides is 1. The minimum absolute atomic E-state index is 0.0277. The number of ketones is 1. The number of nitrogens with zero attached hydrogens (tertiary/aromatic N) is 1. The highest BCUT2D eigenvalue weighted by molar-refractivity contribution is 7.92. The molecule has 0 saturated carbocycles. The highest BCUT2D eigenvalue weighted by atomic mass is 32.2. The Balaban J connectivity index is 2.25. The Kier molecular flexibility index (Phi) is 6.76. The zero-order valence-corrected chi connectivity index (χ0v) is 17.3. The van der Waals surface area contributed by atoms with Gasteiger partial charge in [0.2, 0.25) is 0 Å². The van der Waals surface area contributed by atoms with Crippen LogP contribution in [0.5, 0.6) is 0 Å². The Morgan fingerprint density at radius 2 is 1.76 bits per heavy atom. The van der Waals surface area contributed by atoms with Crippen molar-refractivity contribution < 1.29 is 23.2 Å². The molecule has 0 saturated heterocycles. The zero-order valence-electron chi connectivity index (χ0n) is 16.5. The normalized spacial score (nSPS) is 13.5. The number of benzene rings is 1. The van der Waals surface area contributed by atoms with Crippen molar-refractivity contribution in [1.29, 1.82) is 0 Å². The van der Waals surface area contributed by atoms with E-state index in [2.05, 4.69) is 0 Å². The van der Waals surface area contributed by atoms with Gasteiger partial charge in [0.15, 0.2) is 20.4 Å². The summed E-state index contributed by atoms with van der Waals surface area (Å²) < 4.78 is 23.5. The minimum atomic E-state index is -3.84. The van der Waals surface area contributed by atoms with Crippen LogP contribution in [0.25, 0.3) is 11.1 Å². The summed E-state index contributed by atoms with van der Waals surface area (Å²) in [5.41, 5.74) is 3.04. The summed E-state index contributed by atoms with van der Waals surface area (Å²) in [5.74, 6) is -1.01. The molecule has 1 aromatic heterocycles. The topological polar surface area (TPSA) is 123 Å². The van der Waals surface area contributed by atoms with Crippen LogP contribution in [-0.2, 0) is 21.2 Å². The van der Waals surface area contributed by atoms with Crippen molar-refractivity contribution >= 4 is 21.5 Å². The van der Waals surface area contributed by atoms with Crippen LogP contribution in [0.2, 0.25) is 0 Å². The Labute approximate surface area is 169 Å². The van der Waals surface area contributed by atoms with E-state index >= 15 is 0 Å². The van der Waals surface area contributed by atoms with Crippen LogP contribution in [0.4, 0.5) is 0 Å². The molecule has 0 aliphatic heterocycles. The van der Waals surface area contributed by atoms with Crippen LogP contribution in [-0.4, -0.2) is 40.9 Å². The summed E-state index contributed by atoms with van der Waals surface area (Å²) >= 11 is 0. The molecule has 1 aromatic carbocycles. The molecule has 2 N–H and O–H groups in total. The van der Waals surface area contributed by atoms with Crippen molar-refractivity contribution in [1.82, 2.24) is 10.0 Å². The van der Waals surface area contributed by atoms with Crippen molar-refractivity contribution in [2.24, 2.45) is 0 Å². The Bertz CT molecular complexity index is 1070. The number of Topliss-reactive ketones (excluding diaryl/α,β-unsaturated/α-hetero) is 1. The molecular formula is C20H24N2O6S. The highest BCUT2D eigenvalue weighted by Gasteiger charge is 2.43. The van der Waals surface area contributed by atoms with E-state index in [0.717, 1.165) is 11.8 Å². The minimum Gasteiger partial charge on any atom is -0.315 e. The van der Waals surface area contributed by atoms with Gasteiger partial charge in [-0.1, -0.05) is 31.2 Å². The first-order valence-corrected chi connectivity index (χ1v) is 10.9. The molecule has 9 heteroatoms. The SMILES string of the molecule is CCC(=O)c1ccc(-c2ccn(CCC(C)(C(=O)NO)S(C)(=O)=O)c(=O)c2)cc1. The number of aromatic nitrogens is 1. The van der Waals surface area contributed by atoms with Gasteiger partial charge in [0.25, 0.3) is 11.5 Å². The zero-order chi connectivity index (χ0) is 21.8. The van der Waals surface area contributed by atoms with Gasteiger partial charge in [-0.15, -0.1) is 0 Å². The van der Waals surface area contributed by atoms with E-state index in [-0.39, 0.29) is 24.3 Å². The number of rotatable bonds is 8. The quantitative estimate of drug-likeness (QED) is 0.381. The summed E-state index contributed by atoms with van der Waals surface area (Å²) in [4.78, 5) is 36.0. The molecule has 1 unspecified atom stereocenters. The third-order valence-corrected chi connectivity index (χ3v) is 7.11. The van der Waals surface area contributed by atoms with Crippen molar-refractivity contribution in [3.63, 3.8) is 0 Å². The fraction of sp³-hybridized carbons (Fsp3) is 0.350. The molecule has 1 amide bonds. The Hall–Kier alpha value is -2.78. The van der Waals surface area contributed by atoms with Gasteiger partial charge in [-0.05, 0) is 30.5 Å². The summed E-state index contributed by atoms with van der Waals surface area (Å²) in [6.45, 7) is 2.96. The lowest BCUT2D eigenvalue weighted by Gasteiger charge is -2.25. The second-order valence-corrected chi connectivity index (χ2v) is 9.44. The molecule has 2 rings (SSSR count). The average molecular weight is 420 g/mol. The number of nitrogens with one attached hydrogen (secondary N) is 1. The largest absolute Gasteiger partial charge is 0.315 e. The van der Waals surface area contributed by atoms with E-state index in [1.807, 2.05) is 0 Å². The van der Waals surface area contributed by atoms with E-state index < -0.39 is 20.5 Å². The number of hydroxylamine groups is 1. The number of aryl methyl sites for hydroxylation is 1. The third-order valence-electron chi connectivity index (χ3n) is 5.09.